The summed E-state index contributed by atoms with van der Waals surface area (Å²) in [4.78, 5) is 28.4. The third kappa shape index (κ3) is 5.00. The van der Waals surface area contributed by atoms with Crippen LogP contribution in [0, 0.1) is 6.92 Å². The van der Waals surface area contributed by atoms with Gasteiger partial charge in [0.25, 0.3) is 11.1 Å². The summed E-state index contributed by atoms with van der Waals surface area (Å²) in [5, 5.41) is 4.02. The lowest BCUT2D eigenvalue weighted by Crippen LogP contribution is -2.27. The molecule has 0 fully saturated rings. The van der Waals surface area contributed by atoms with Gasteiger partial charge in [-0.05, 0) is 37.1 Å². The maximum Gasteiger partial charge on any atom is 0.295 e. The number of hydrogen-bond donors (Lipinski definition) is 0. The van der Waals surface area contributed by atoms with Gasteiger partial charge in [0.05, 0.1) is 18.2 Å². The average molecular weight is 416 g/mol. The predicted octanol–water partition coefficient (Wildman–Crippen LogP) is 2.73. The van der Waals surface area contributed by atoms with Crippen LogP contribution in [0.3, 0.4) is 0 Å². The molecule has 3 rings (SSSR count). The molecule has 0 N–H and O–H groups in total. The molecular formula is C21H25N3O4S. The van der Waals surface area contributed by atoms with Crippen molar-refractivity contribution in [3.8, 4) is 11.5 Å². The van der Waals surface area contributed by atoms with Crippen molar-refractivity contribution in [1.82, 2.24) is 14.6 Å². The number of aromatic nitrogens is 3. The zero-order chi connectivity index (χ0) is 20.8. The molecule has 154 valence electrons. The number of thiazole rings is 1. The van der Waals surface area contributed by atoms with Gasteiger partial charge in [0.15, 0.2) is 11.5 Å². The van der Waals surface area contributed by atoms with Crippen LogP contribution in [0.1, 0.15) is 50.3 Å². The van der Waals surface area contributed by atoms with Gasteiger partial charge in [-0.1, -0.05) is 50.0 Å². The number of ether oxygens (including phenoxy) is 2. The Balaban J connectivity index is 1.81. The summed E-state index contributed by atoms with van der Waals surface area (Å²) in [6.07, 6.45) is 7.61. The zero-order valence-electron chi connectivity index (χ0n) is 16.9. The van der Waals surface area contributed by atoms with Gasteiger partial charge in [0.2, 0.25) is 4.96 Å². The Labute approximate surface area is 172 Å². The van der Waals surface area contributed by atoms with Gasteiger partial charge in [-0.15, -0.1) is 0 Å². The number of methoxy groups -OCH3 is 1. The number of benzene rings is 1. The smallest absolute Gasteiger partial charge is 0.295 e. The second-order valence-electron chi connectivity index (χ2n) is 6.79. The Hall–Kier alpha value is -2.74. The molecular weight excluding hydrogens is 390 g/mol. The van der Waals surface area contributed by atoms with Gasteiger partial charge in [0, 0.05) is 0 Å². The van der Waals surface area contributed by atoms with Crippen LogP contribution in [0.25, 0.3) is 11.0 Å². The number of aryl methyl sites for hydroxylation is 1. The third-order valence-electron chi connectivity index (χ3n) is 4.53. The SMILES string of the molecule is CCCCCCCOc1ccc(/C=c2/sc3nc(=O)c(C)nn3c2=O)cc1OC. The van der Waals surface area contributed by atoms with Crippen molar-refractivity contribution in [2.45, 2.75) is 46.0 Å². The van der Waals surface area contributed by atoms with Crippen LogP contribution in [0.4, 0.5) is 0 Å². The fourth-order valence-electron chi connectivity index (χ4n) is 2.92. The van der Waals surface area contributed by atoms with Crippen LogP contribution in [-0.2, 0) is 0 Å². The zero-order valence-corrected chi connectivity index (χ0v) is 17.8. The molecule has 3 aromatic rings. The highest BCUT2D eigenvalue weighted by atomic mass is 32.1. The van der Waals surface area contributed by atoms with E-state index in [1.165, 1.54) is 30.7 Å². The van der Waals surface area contributed by atoms with Gasteiger partial charge >= 0.3 is 0 Å². The molecule has 0 bridgehead atoms. The molecule has 0 unspecified atom stereocenters. The Bertz CT molecular complexity index is 1150. The van der Waals surface area contributed by atoms with Gasteiger partial charge < -0.3 is 9.47 Å². The summed E-state index contributed by atoms with van der Waals surface area (Å²) in [6.45, 7) is 4.38. The first-order valence-electron chi connectivity index (χ1n) is 9.76. The van der Waals surface area contributed by atoms with E-state index >= 15 is 0 Å². The van der Waals surface area contributed by atoms with Gasteiger partial charge in [-0.2, -0.15) is 14.6 Å². The number of hydrogen-bond acceptors (Lipinski definition) is 7. The highest BCUT2D eigenvalue weighted by Crippen LogP contribution is 2.28. The minimum Gasteiger partial charge on any atom is -0.493 e. The van der Waals surface area contributed by atoms with Gasteiger partial charge in [0.1, 0.15) is 5.69 Å². The number of unbranched alkanes of at least 4 members (excludes halogenated alkanes) is 4. The normalized spacial score (nSPS) is 11.9. The van der Waals surface area contributed by atoms with E-state index in [0.29, 0.717) is 22.6 Å². The van der Waals surface area contributed by atoms with Gasteiger partial charge in [-0.25, -0.2) is 0 Å². The van der Waals surface area contributed by atoms with Crippen LogP contribution in [0.2, 0.25) is 0 Å². The molecule has 7 nitrogen and oxygen atoms in total. The predicted molar refractivity (Wildman–Crippen MR) is 114 cm³/mol. The van der Waals surface area contributed by atoms with Crippen molar-refractivity contribution in [3.63, 3.8) is 0 Å². The lowest BCUT2D eigenvalue weighted by atomic mass is 10.1. The minimum atomic E-state index is -0.421. The lowest BCUT2D eigenvalue weighted by Gasteiger charge is -2.11. The Morgan fingerprint density at radius 2 is 1.93 bits per heavy atom. The van der Waals surface area contributed by atoms with Crippen LogP contribution in [-0.4, -0.2) is 28.3 Å². The molecule has 0 radical (unpaired) electrons. The summed E-state index contributed by atoms with van der Waals surface area (Å²) in [6, 6.07) is 5.54. The standard InChI is InChI=1S/C21H25N3O4S/c1-4-5-6-7-8-11-28-16-10-9-15(12-17(16)27-3)13-18-20(26)24-21(29-18)22-19(25)14(2)23-24/h9-10,12-13H,4-8,11H2,1-3H3/b18-13+. The van der Waals surface area contributed by atoms with Crippen molar-refractivity contribution in [3.05, 3.63) is 54.7 Å². The van der Waals surface area contributed by atoms with Crippen molar-refractivity contribution in [2.75, 3.05) is 13.7 Å². The lowest BCUT2D eigenvalue weighted by molar-refractivity contribution is 0.285. The summed E-state index contributed by atoms with van der Waals surface area (Å²) in [5.74, 6) is 1.30. The Morgan fingerprint density at radius 1 is 1.14 bits per heavy atom. The fourth-order valence-corrected chi connectivity index (χ4v) is 3.82. The van der Waals surface area contributed by atoms with Crippen LogP contribution >= 0.6 is 11.3 Å². The van der Waals surface area contributed by atoms with Crippen molar-refractivity contribution in [2.24, 2.45) is 0 Å². The van der Waals surface area contributed by atoms with E-state index in [4.69, 9.17) is 9.47 Å². The minimum absolute atomic E-state index is 0.196. The fraction of sp³-hybridized carbons (Fsp3) is 0.429. The second-order valence-corrected chi connectivity index (χ2v) is 7.79. The molecule has 0 saturated carbocycles. The largest absolute Gasteiger partial charge is 0.493 e. The molecule has 0 atom stereocenters. The van der Waals surface area contributed by atoms with E-state index in [2.05, 4.69) is 17.0 Å². The second kappa shape index (κ2) is 9.65. The van der Waals surface area contributed by atoms with E-state index in [0.717, 1.165) is 29.7 Å². The Morgan fingerprint density at radius 3 is 2.69 bits per heavy atom. The molecule has 8 heteroatoms. The van der Waals surface area contributed by atoms with Crippen LogP contribution < -0.4 is 25.1 Å². The van der Waals surface area contributed by atoms with E-state index in [1.807, 2.05) is 18.2 Å². The molecule has 1 aromatic carbocycles. The van der Waals surface area contributed by atoms with Crippen LogP contribution in [0.5, 0.6) is 11.5 Å². The molecule has 0 aliphatic carbocycles. The van der Waals surface area contributed by atoms with Crippen LogP contribution in [0.15, 0.2) is 27.8 Å². The summed E-state index contributed by atoms with van der Waals surface area (Å²) >= 11 is 1.13. The summed E-state index contributed by atoms with van der Waals surface area (Å²) in [7, 11) is 1.59. The molecule has 0 spiro atoms. The molecule has 0 saturated heterocycles. The maximum atomic E-state index is 12.5. The first kappa shape index (κ1) is 21.0. The highest BCUT2D eigenvalue weighted by molar-refractivity contribution is 7.15. The third-order valence-corrected chi connectivity index (χ3v) is 5.49. The number of nitrogens with zero attached hydrogens (tertiary/aromatic N) is 3. The molecule has 2 aromatic heterocycles. The topological polar surface area (TPSA) is 82.8 Å². The quantitative estimate of drug-likeness (QED) is 0.500. The molecule has 0 aliphatic heterocycles. The maximum absolute atomic E-state index is 12.5. The average Bonchev–Trinajstić information content (AvgIpc) is 3.00. The van der Waals surface area contributed by atoms with E-state index in [1.54, 1.807) is 13.2 Å². The highest BCUT2D eigenvalue weighted by Gasteiger charge is 2.09. The first-order chi connectivity index (χ1) is 14.0. The summed E-state index contributed by atoms with van der Waals surface area (Å²) < 4.78 is 12.9. The molecule has 29 heavy (non-hydrogen) atoms. The number of fused-ring (bicyclic) bond motifs is 1. The van der Waals surface area contributed by atoms with Crippen molar-refractivity contribution >= 4 is 22.4 Å². The molecule has 0 amide bonds. The van der Waals surface area contributed by atoms with Crippen molar-refractivity contribution in [1.29, 1.82) is 0 Å². The molecule has 0 aliphatic rings. The molecule has 2 heterocycles. The monoisotopic (exact) mass is 415 g/mol. The summed E-state index contributed by atoms with van der Waals surface area (Å²) in [5.41, 5.74) is 0.268. The van der Waals surface area contributed by atoms with E-state index < -0.39 is 5.56 Å². The van der Waals surface area contributed by atoms with Crippen molar-refractivity contribution < 1.29 is 9.47 Å². The van der Waals surface area contributed by atoms with Gasteiger partial charge in [-0.3, -0.25) is 9.59 Å². The van der Waals surface area contributed by atoms with E-state index in [9.17, 15) is 9.59 Å². The first-order valence-corrected chi connectivity index (χ1v) is 10.6. The number of rotatable bonds is 9. The Kier molecular flexibility index (Phi) is 6.98. The van der Waals surface area contributed by atoms with E-state index in [-0.39, 0.29) is 16.2 Å².